The van der Waals surface area contributed by atoms with Crippen LogP contribution in [-0.4, -0.2) is 11.9 Å². The van der Waals surface area contributed by atoms with Gasteiger partial charge in [-0.25, -0.2) is 8.78 Å². The molecule has 0 saturated carbocycles. The molecule has 1 amide bonds. The van der Waals surface area contributed by atoms with Crippen LogP contribution in [0.1, 0.15) is 26.3 Å². The lowest BCUT2D eigenvalue weighted by atomic mass is 9.87. The molecule has 1 unspecified atom stereocenters. The molecule has 0 radical (unpaired) electrons. The average Bonchev–Trinajstić information content (AvgIpc) is 2.28. The van der Waals surface area contributed by atoms with Gasteiger partial charge in [0.25, 0.3) is 0 Å². The van der Waals surface area contributed by atoms with Gasteiger partial charge in [-0.05, 0) is 23.1 Å². The lowest BCUT2D eigenvalue weighted by Crippen LogP contribution is -2.48. The third-order valence-electron chi connectivity index (χ3n) is 2.67. The SMILES string of the molecule is CC(C)(C)C(N)C(=O)NCc1ccc(F)c(F)c1. The number of nitrogens with two attached hydrogens (primary N) is 1. The highest BCUT2D eigenvalue weighted by molar-refractivity contribution is 5.82. The van der Waals surface area contributed by atoms with Gasteiger partial charge in [0.2, 0.25) is 5.91 Å². The van der Waals surface area contributed by atoms with Crippen molar-refractivity contribution in [2.75, 3.05) is 0 Å². The normalized spacial score (nSPS) is 13.2. The summed E-state index contributed by atoms with van der Waals surface area (Å²) in [5.41, 5.74) is 5.91. The van der Waals surface area contributed by atoms with E-state index in [0.717, 1.165) is 12.1 Å². The van der Waals surface area contributed by atoms with Crippen molar-refractivity contribution < 1.29 is 13.6 Å². The van der Waals surface area contributed by atoms with Crippen LogP contribution < -0.4 is 11.1 Å². The first-order valence-electron chi connectivity index (χ1n) is 5.69. The standard InChI is InChI=1S/C13H18F2N2O/c1-13(2,3)11(16)12(18)17-7-8-4-5-9(14)10(15)6-8/h4-6,11H,7,16H2,1-3H3,(H,17,18). The van der Waals surface area contributed by atoms with E-state index in [-0.39, 0.29) is 17.9 Å². The van der Waals surface area contributed by atoms with Crippen LogP contribution in [0.25, 0.3) is 0 Å². The Kier molecular flexibility index (Phi) is 4.40. The maximum atomic E-state index is 12.9. The maximum absolute atomic E-state index is 12.9. The molecule has 0 aliphatic rings. The Morgan fingerprint density at radius 2 is 1.94 bits per heavy atom. The molecule has 1 rings (SSSR count). The van der Waals surface area contributed by atoms with Gasteiger partial charge in [0.1, 0.15) is 0 Å². The van der Waals surface area contributed by atoms with E-state index in [1.54, 1.807) is 0 Å². The monoisotopic (exact) mass is 256 g/mol. The molecule has 3 N–H and O–H groups in total. The molecule has 5 heteroatoms. The topological polar surface area (TPSA) is 55.1 Å². The zero-order chi connectivity index (χ0) is 13.9. The van der Waals surface area contributed by atoms with Gasteiger partial charge >= 0.3 is 0 Å². The van der Waals surface area contributed by atoms with E-state index in [1.807, 2.05) is 20.8 Å². The van der Waals surface area contributed by atoms with Crippen molar-refractivity contribution >= 4 is 5.91 Å². The summed E-state index contributed by atoms with van der Waals surface area (Å²) in [6.07, 6.45) is 0. The zero-order valence-electron chi connectivity index (χ0n) is 10.8. The molecule has 0 aliphatic carbocycles. The molecule has 0 saturated heterocycles. The molecular formula is C13H18F2N2O. The molecule has 0 aliphatic heterocycles. The second kappa shape index (κ2) is 5.44. The van der Waals surface area contributed by atoms with Gasteiger partial charge in [-0.15, -0.1) is 0 Å². The smallest absolute Gasteiger partial charge is 0.237 e. The highest BCUT2D eigenvalue weighted by Gasteiger charge is 2.27. The fourth-order valence-electron chi connectivity index (χ4n) is 1.34. The van der Waals surface area contributed by atoms with Gasteiger partial charge in [-0.1, -0.05) is 26.8 Å². The molecule has 100 valence electrons. The quantitative estimate of drug-likeness (QED) is 0.868. The lowest BCUT2D eigenvalue weighted by molar-refractivity contribution is -0.124. The highest BCUT2D eigenvalue weighted by Crippen LogP contribution is 2.17. The van der Waals surface area contributed by atoms with Crippen LogP contribution in [0.5, 0.6) is 0 Å². The van der Waals surface area contributed by atoms with E-state index in [9.17, 15) is 13.6 Å². The summed E-state index contributed by atoms with van der Waals surface area (Å²) in [5, 5.41) is 2.60. The number of halogens is 2. The lowest BCUT2D eigenvalue weighted by Gasteiger charge is -2.25. The van der Waals surface area contributed by atoms with Crippen molar-refractivity contribution in [1.29, 1.82) is 0 Å². The number of amides is 1. The predicted molar refractivity (Wildman–Crippen MR) is 65.6 cm³/mol. The fourth-order valence-corrected chi connectivity index (χ4v) is 1.34. The van der Waals surface area contributed by atoms with Crippen molar-refractivity contribution in [2.45, 2.75) is 33.4 Å². The van der Waals surface area contributed by atoms with Crippen molar-refractivity contribution in [3.8, 4) is 0 Å². The molecule has 0 fully saturated rings. The number of hydrogen-bond donors (Lipinski definition) is 2. The summed E-state index contributed by atoms with van der Waals surface area (Å²) in [6.45, 7) is 5.69. The molecule has 1 atom stereocenters. The molecule has 0 spiro atoms. The van der Waals surface area contributed by atoms with Gasteiger partial charge in [0, 0.05) is 6.54 Å². The van der Waals surface area contributed by atoms with Gasteiger partial charge in [0.05, 0.1) is 6.04 Å². The summed E-state index contributed by atoms with van der Waals surface area (Å²) in [6, 6.07) is 2.85. The molecule has 0 aromatic heterocycles. The highest BCUT2D eigenvalue weighted by atomic mass is 19.2. The Bertz CT molecular complexity index is 441. The molecule has 0 bridgehead atoms. The summed E-state index contributed by atoms with van der Waals surface area (Å²) >= 11 is 0. The molecule has 1 aromatic carbocycles. The second-order valence-electron chi connectivity index (χ2n) is 5.31. The first-order valence-corrected chi connectivity index (χ1v) is 5.69. The zero-order valence-corrected chi connectivity index (χ0v) is 10.8. The molecular weight excluding hydrogens is 238 g/mol. The van der Waals surface area contributed by atoms with Gasteiger partial charge in [-0.3, -0.25) is 4.79 Å². The number of benzene rings is 1. The molecule has 1 aromatic rings. The fraction of sp³-hybridized carbons (Fsp3) is 0.462. The Morgan fingerprint density at radius 3 is 2.44 bits per heavy atom. The largest absolute Gasteiger partial charge is 0.351 e. The average molecular weight is 256 g/mol. The van der Waals surface area contributed by atoms with Crippen LogP contribution in [0.2, 0.25) is 0 Å². The van der Waals surface area contributed by atoms with E-state index in [4.69, 9.17) is 5.73 Å². The number of rotatable bonds is 3. The van der Waals surface area contributed by atoms with E-state index in [1.165, 1.54) is 6.07 Å². The second-order valence-corrected chi connectivity index (χ2v) is 5.31. The Balaban J connectivity index is 2.60. The summed E-state index contributed by atoms with van der Waals surface area (Å²) in [5.74, 6) is -2.15. The first-order chi connectivity index (χ1) is 8.21. The third kappa shape index (κ3) is 3.77. The number of carbonyl (C=O) groups is 1. The van der Waals surface area contributed by atoms with Gasteiger partial charge < -0.3 is 11.1 Å². The molecule has 18 heavy (non-hydrogen) atoms. The maximum Gasteiger partial charge on any atom is 0.237 e. The van der Waals surface area contributed by atoms with Crippen LogP contribution in [0.4, 0.5) is 8.78 Å². The molecule has 3 nitrogen and oxygen atoms in total. The summed E-state index contributed by atoms with van der Waals surface area (Å²) < 4.78 is 25.6. The van der Waals surface area contributed by atoms with Crippen LogP contribution in [0.15, 0.2) is 18.2 Å². The van der Waals surface area contributed by atoms with Gasteiger partial charge in [0.15, 0.2) is 11.6 Å². The Morgan fingerprint density at radius 1 is 1.33 bits per heavy atom. The van der Waals surface area contributed by atoms with E-state index < -0.39 is 17.7 Å². The van der Waals surface area contributed by atoms with E-state index >= 15 is 0 Å². The summed E-state index contributed by atoms with van der Waals surface area (Å²) in [7, 11) is 0. The number of nitrogens with one attached hydrogen (secondary N) is 1. The minimum atomic E-state index is -0.929. The first kappa shape index (κ1) is 14.6. The van der Waals surface area contributed by atoms with Crippen molar-refractivity contribution in [2.24, 2.45) is 11.1 Å². The van der Waals surface area contributed by atoms with E-state index in [0.29, 0.717) is 5.56 Å². The van der Waals surface area contributed by atoms with Crippen LogP contribution in [-0.2, 0) is 11.3 Å². The van der Waals surface area contributed by atoms with Crippen LogP contribution >= 0.6 is 0 Å². The van der Waals surface area contributed by atoms with Crippen molar-refractivity contribution in [3.63, 3.8) is 0 Å². The minimum Gasteiger partial charge on any atom is -0.351 e. The number of carbonyl (C=O) groups excluding carboxylic acids is 1. The van der Waals surface area contributed by atoms with Gasteiger partial charge in [-0.2, -0.15) is 0 Å². The van der Waals surface area contributed by atoms with Crippen molar-refractivity contribution in [1.82, 2.24) is 5.32 Å². The Hall–Kier alpha value is -1.49. The van der Waals surface area contributed by atoms with Crippen LogP contribution in [0, 0.1) is 17.0 Å². The summed E-state index contributed by atoms with van der Waals surface area (Å²) in [4.78, 5) is 11.7. The predicted octanol–water partition coefficient (Wildman–Crippen LogP) is 1.95. The van der Waals surface area contributed by atoms with E-state index in [2.05, 4.69) is 5.32 Å². The number of hydrogen-bond acceptors (Lipinski definition) is 2. The minimum absolute atomic E-state index is 0.125. The van der Waals surface area contributed by atoms with Crippen LogP contribution in [0.3, 0.4) is 0 Å². The molecule has 0 heterocycles. The Labute approximate surface area is 105 Å². The third-order valence-corrected chi connectivity index (χ3v) is 2.67. The van der Waals surface area contributed by atoms with Crippen molar-refractivity contribution in [3.05, 3.63) is 35.4 Å².